The van der Waals surface area contributed by atoms with Crippen LogP contribution < -0.4 is 10.6 Å². The molecule has 2 aromatic rings. The van der Waals surface area contributed by atoms with Crippen molar-refractivity contribution in [3.8, 4) is 0 Å². The first kappa shape index (κ1) is 19.6. The van der Waals surface area contributed by atoms with E-state index in [2.05, 4.69) is 20.9 Å². The van der Waals surface area contributed by atoms with Gasteiger partial charge in [0.15, 0.2) is 5.69 Å². The number of hydrogen-bond acceptors (Lipinski definition) is 4. The van der Waals surface area contributed by atoms with Crippen molar-refractivity contribution in [3.05, 3.63) is 46.0 Å². The third-order valence-corrected chi connectivity index (χ3v) is 4.52. The lowest BCUT2D eigenvalue weighted by Crippen LogP contribution is -2.30. The third-order valence-electron chi connectivity index (χ3n) is 4.23. The number of aromatic nitrogens is 3. The van der Waals surface area contributed by atoms with Crippen LogP contribution in [0.3, 0.4) is 0 Å². The first-order valence-corrected chi connectivity index (χ1v) is 8.28. The van der Waals surface area contributed by atoms with Gasteiger partial charge in [-0.15, -0.1) is 17.5 Å². The quantitative estimate of drug-likeness (QED) is 0.845. The molecule has 2 N–H and O–H groups in total. The molecule has 0 atom stereocenters. The van der Waals surface area contributed by atoms with E-state index in [1.165, 1.54) is 12.1 Å². The molecule has 0 radical (unpaired) electrons. The fourth-order valence-electron chi connectivity index (χ4n) is 2.86. The van der Waals surface area contributed by atoms with Crippen LogP contribution in [0.2, 0.25) is 5.02 Å². The Morgan fingerprint density at radius 1 is 1.44 bits per heavy atom. The minimum atomic E-state index is -0.479. The van der Waals surface area contributed by atoms with E-state index in [4.69, 9.17) is 11.6 Å². The van der Waals surface area contributed by atoms with Gasteiger partial charge >= 0.3 is 0 Å². The molecule has 1 aliphatic heterocycles. The van der Waals surface area contributed by atoms with E-state index in [0.717, 1.165) is 37.2 Å². The van der Waals surface area contributed by atoms with Crippen molar-refractivity contribution in [2.24, 2.45) is 0 Å². The Morgan fingerprint density at radius 3 is 2.84 bits per heavy atom. The second kappa shape index (κ2) is 8.60. The molecule has 1 fully saturated rings. The fraction of sp³-hybridized carbons (Fsp3) is 0.438. The Bertz CT molecular complexity index is 746. The molecular formula is C16H20Cl2FN5O. The molecule has 2 heterocycles. The lowest BCUT2D eigenvalue weighted by molar-refractivity contribution is 0.0945. The number of nitrogens with zero attached hydrogens (tertiary/aromatic N) is 3. The molecule has 1 aromatic heterocycles. The molecule has 0 unspecified atom stereocenters. The van der Waals surface area contributed by atoms with Gasteiger partial charge in [0.2, 0.25) is 0 Å². The number of piperidine rings is 1. The Labute approximate surface area is 156 Å². The van der Waals surface area contributed by atoms with Crippen molar-refractivity contribution in [2.45, 2.75) is 32.4 Å². The summed E-state index contributed by atoms with van der Waals surface area (Å²) >= 11 is 5.74. The van der Waals surface area contributed by atoms with Crippen LogP contribution in [-0.4, -0.2) is 34.0 Å². The van der Waals surface area contributed by atoms with Crippen molar-refractivity contribution in [2.75, 3.05) is 13.1 Å². The number of benzene rings is 1. The van der Waals surface area contributed by atoms with Gasteiger partial charge in [0.05, 0.1) is 16.8 Å². The maximum Gasteiger partial charge on any atom is 0.274 e. The molecule has 136 valence electrons. The summed E-state index contributed by atoms with van der Waals surface area (Å²) in [6, 6.07) is 4.63. The van der Waals surface area contributed by atoms with Crippen LogP contribution in [0.25, 0.3) is 0 Å². The predicted molar refractivity (Wildman–Crippen MR) is 95.7 cm³/mol. The molecule has 9 heteroatoms. The Balaban J connectivity index is 0.00000225. The van der Waals surface area contributed by atoms with Gasteiger partial charge in [0, 0.05) is 6.54 Å². The first-order chi connectivity index (χ1) is 11.6. The number of carbonyl (C=O) groups is 1. The molecule has 1 saturated heterocycles. The summed E-state index contributed by atoms with van der Waals surface area (Å²) in [7, 11) is 0. The van der Waals surface area contributed by atoms with E-state index in [1.54, 1.807) is 6.07 Å². The van der Waals surface area contributed by atoms with E-state index in [-0.39, 0.29) is 35.9 Å². The van der Waals surface area contributed by atoms with E-state index >= 15 is 0 Å². The highest BCUT2D eigenvalue weighted by atomic mass is 35.5. The van der Waals surface area contributed by atoms with E-state index in [9.17, 15) is 9.18 Å². The number of rotatable bonds is 4. The Hall–Kier alpha value is -1.70. The van der Waals surface area contributed by atoms with E-state index < -0.39 is 5.82 Å². The number of carbonyl (C=O) groups excluding carboxylic acids is 1. The molecule has 1 amide bonds. The SMILES string of the molecule is Cc1c(C(=O)NCc2ccc(F)c(Cl)c2)nnn1C1CCNCC1.Cl. The van der Waals surface area contributed by atoms with Crippen LogP contribution in [0, 0.1) is 12.7 Å². The first-order valence-electron chi connectivity index (χ1n) is 7.91. The number of hydrogen-bond donors (Lipinski definition) is 2. The highest BCUT2D eigenvalue weighted by molar-refractivity contribution is 6.30. The zero-order chi connectivity index (χ0) is 17.1. The monoisotopic (exact) mass is 387 g/mol. The molecule has 6 nitrogen and oxygen atoms in total. The van der Waals surface area contributed by atoms with E-state index in [0.29, 0.717) is 5.69 Å². The smallest absolute Gasteiger partial charge is 0.274 e. The van der Waals surface area contributed by atoms with Crippen LogP contribution in [0.4, 0.5) is 4.39 Å². The van der Waals surface area contributed by atoms with Crippen LogP contribution >= 0.6 is 24.0 Å². The standard InChI is InChI=1S/C16H19ClFN5O.ClH/c1-10-15(21-22-23(10)12-4-6-19-7-5-12)16(24)20-9-11-2-3-14(18)13(17)8-11;/h2-3,8,12,19H,4-7,9H2,1H3,(H,20,24);1H. The topological polar surface area (TPSA) is 71.8 Å². The van der Waals surface area contributed by atoms with Crippen molar-refractivity contribution >= 4 is 29.9 Å². The van der Waals surface area contributed by atoms with Gasteiger partial charge < -0.3 is 10.6 Å². The maximum atomic E-state index is 13.2. The van der Waals surface area contributed by atoms with Gasteiger partial charge in [-0.05, 0) is 50.6 Å². The maximum absolute atomic E-state index is 13.2. The number of nitrogens with one attached hydrogen (secondary N) is 2. The average Bonchev–Trinajstić information content (AvgIpc) is 2.98. The van der Waals surface area contributed by atoms with Gasteiger partial charge in [-0.25, -0.2) is 9.07 Å². The molecule has 0 aliphatic carbocycles. The van der Waals surface area contributed by atoms with Crippen LogP contribution in [-0.2, 0) is 6.54 Å². The fourth-order valence-corrected chi connectivity index (χ4v) is 3.07. The summed E-state index contributed by atoms with van der Waals surface area (Å²) in [6.45, 7) is 3.98. The summed E-state index contributed by atoms with van der Waals surface area (Å²) in [5.74, 6) is -0.777. The summed E-state index contributed by atoms with van der Waals surface area (Å²) in [5, 5.41) is 14.3. The van der Waals surface area contributed by atoms with E-state index in [1.807, 2.05) is 11.6 Å². The van der Waals surface area contributed by atoms with Crippen molar-refractivity contribution in [1.29, 1.82) is 0 Å². The molecule has 0 bridgehead atoms. The normalized spacial score (nSPS) is 14.8. The zero-order valence-corrected chi connectivity index (χ0v) is 15.3. The molecule has 25 heavy (non-hydrogen) atoms. The molecular weight excluding hydrogens is 368 g/mol. The van der Waals surface area contributed by atoms with Crippen LogP contribution in [0.15, 0.2) is 18.2 Å². The Kier molecular flexibility index (Phi) is 6.75. The van der Waals surface area contributed by atoms with Crippen LogP contribution in [0.5, 0.6) is 0 Å². The average molecular weight is 388 g/mol. The molecule has 1 aliphatic rings. The van der Waals surface area contributed by atoms with Gasteiger partial charge in [-0.2, -0.15) is 0 Å². The van der Waals surface area contributed by atoms with Gasteiger partial charge in [-0.1, -0.05) is 22.9 Å². The van der Waals surface area contributed by atoms with Gasteiger partial charge in [-0.3, -0.25) is 4.79 Å². The minimum Gasteiger partial charge on any atom is -0.347 e. The van der Waals surface area contributed by atoms with Crippen LogP contribution in [0.1, 0.15) is 40.6 Å². The second-order valence-corrected chi connectivity index (χ2v) is 6.29. The lowest BCUT2D eigenvalue weighted by Gasteiger charge is -2.23. The lowest BCUT2D eigenvalue weighted by atomic mass is 10.1. The largest absolute Gasteiger partial charge is 0.347 e. The second-order valence-electron chi connectivity index (χ2n) is 5.88. The molecule has 0 spiro atoms. The molecule has 0 saturated carbocycles. The summed E-state index contributed by atoms with van der Waals surface area (Å²) in [4.78, 5) is 12.3. The molecule has 1 aromatic carbocycles. The summed E-state index contributed by atoms with van der Waals surface area (Å²) in [5.41, 5.74) is 1.80. The van der Waals surface area contributed by atoms with Gasteiger partial charge in [0.1, 0.15) is 5.82 Å². The minimum absolute atomic E-state index is 0. The summed E-state index contributed by atoms with van der Waals surface area (Å²) in [6.07, 6.45) is 1.94. The van der Waals surface area contributed by atoms with Crippen molar-refractivity contribution in [3.63, 3.8) is 0 Å². The predicted octanol–water partition coefficient (Wildman–Crippen LogP) is 2.66. The van der Waals surface area contributed by atoms with Crippen molar-refractivity contribution in [1.82, 2.24) is 25.6 Å². The third kappa shape index (κ3) is 4.48. The summed E-state index contributed by atoms with van der Waals surface area (Å²) < 4.78 is 15.0. The zero-order valence-electron chi connectivity index (χ0n) is 13.8. The Morgan fingerprint density at radius 2 is 2.16 bits per heavy atom. The highest BCUT2D eigenvalue weighted by Crippen LogP contribution is 2.20. The van der Waals surface area contributed by atoms with Gasteiger partial charge in [0.25, 0.3) is 5.91 Å². The number of halogens is 3. The number of amides is 1. The van der Waals surface area contributed by atoms with Crippen molar-refractivity contribution < 1.29 is 9.18 Å². The molecule has 3 rings (SSSR count). The highest BCUT2D eigenvalue weighted by Gasteiger charge is 2.22.